The summed E-state index contributed by atoms with van der Waals surface area (Å²) < 4.78 is 25.7. The largest absolute Gasteiger partial charge is 0.507 e. The summed E-state index contributed by atoms with van der Waals surface area (Å²) >= 11 is 16.1. The van der Waals surface area contributed by atoms with Crippen molar-refractivity contribution in [2.24, 2.45) is 28.1 Å². The summed E-state index contributed by atoms with van der Waals surface area (Å²) in [4.78, 5) is 34.8. The SMILES string of the molecule is CC(C)COC(=O)C(C)(C)CCCCl.Cc1cc(Br)c(C)c(C)c1O.Cc1cc(Br)c(C)c(C)c1OCCCC(C)(C)C(=O)O.Cc1cc(Br)c(C)c(C)c1OCCCC(C)(C)C(=O)OCC(C)C. The summed E-state index contributed by atoms with van der Waals surface area (Å²) in [5.74, 6) is 2.63. The predicted octanol–water partition coefficient (Wildman–Crippen LogP) is 16.7. The zero-order valence-electron chi connectivity index (χ0n) is 45.4. The number of ether oxygens (including phenoxy) is 4. The minimum absolute atomic E-state index is 0.115. The average Bonchev–Trinajstić information content (AvgIpc) is 3.26. The highest BCUT2D eigenvalue weighted by Crippen LogP contribution is 2.35. The first kappa shape index (κ1) is 66.2. The van der Waals surface area contributed by atoms with Gasteiger partial charge in [-0.15, -0.1) is 11.6 Å². The summed E-state index contributed by atoms with van der Waals surface area (Å²) in [6.45, 7) is 39.6. The molecule has 0 saturated carbocycles. The van der Waals surface area contributed by atoms with Gasteiger partial charge in [0.1, 0.15) is 17.2 Å². The standard InChI is InChI=1S/C20H31BrO3.C16H23BrO3.C11H21ClO2.C9H11BrO/c1-13(2)12-24-19(22)20(6,7)9-8-10-23-18-14(3)11-17(21)15(4)16(18)5;1-10-9-13(17)11(2)12(3)14(10)20-8-6-7-16(4,5)15(18)19;1-9(2)8-14-10(13)11(3,4)6-5-7-12;1-5-4-8(10)6(2)7(3)9(5)11/h11,13H,8-10,12H2,1-7H3;9H,6-8H2,1-5H3,(H,18,19);9H,5-8H2,1-4H3;4,11H,1-3H3. The molecule has 0 heterocycles. The quantitative estimate of drug-likeness (QED) is 0.0645. The van der Waals surface area contributed by atoms with Crippen LogP contribution in [0.2, 0.25) is 0 Å². The Bertz CT molecular complexity index is 2100. The molecule has 3 aromatic rings. The van der Waals surface area contributed by atoms with E-state index in [2.05, 4.69) is 87.6 Å². The first-order valence-electron chi connectivity index (χ1n) is 24.0. The number of halogens is 4. The molecule has 0 spiro atoms. The minimum atomic E-state index is -0.760. The van der Waals surface area contributed by atoms with E-state index < -0.39 is 22.2 Å². The molecule has 9 nitrogen and oxygen atoms in total. The van der Waals surface area contributed by atoms with Crippen molar-refractivity contribution < 1.29 is 43.5 Å². The number of carbonyl (C=O) groups excluding carboxylic acids is 2. The van der Waals surface area contributed by atoms with Crippen LogP contribution in [-0.2, 0) is 23.9 Å². The lowest BCUT2D eigenvalue weighted by atomic mass is 9.88. The van der Waals surface area contributed by atoms with E-state index in [1.165, 1.54) is 11.1 Å². The molecule has 0 aliphatic heterocycles. The Kier molecular flexibility index (Phi) is 29.7. The second-order valence-corrected chi connectivity index (χ2v) is 23.9. The van der Waals surface area contributed by atoms with E-state index in [9.17, 15) is 19.5 Å². The smallest absolute Gasteiger partial charge is 0.311 e. The van der Waals surface area contributed by atoms with Gasteiger partial charge in [0.15, 0.2) is 0 Å². The molecule has 0 amide bonds. The van der Waals surface area contributed by atoms with E-state index in [-0.39, 0.29) is 11.9 Å². The van der Waals surface area contributed by atoms with Crippen LogP contribution in [-0.4, -0.2) is 60.4 Å². The summed E-state index contributed by atoms with van der Waals surface area (Å²) in [5, 5.41) is 18.6. The van der Waals surface area contributed by atoms with Crippen molar-refractivity contribution in [3.05, 3.63) is 81.7 Å². The van der Waals surface area contributed by atoms with Gasteiger partial charge in [-0.25, -0.2) is 0 Å². The molecule has 69 heavy (non-hydrogen) atoms. The number of rotatable bonds is 20. The van der Waals surface area contributed by atoms with Gasteiger partial charge in [0.2, 0.25) is 0 Å². The number of hydrogen-bond acceptors (Lipinski definition) is 8. The Morgan fingerprint density at radius 1 is 0.536 bits per heavy atom. The molecule has 0 aromatic heterocycles. The van der Waals surface area contributed by atoms with Crippen LogP contribution in [0, 0.1) is 90.4 Å². The lowest BCUT2D eigenvalue weighted by Gasteiger charge is -2.23. The number of phenols is 1. The van der Waals surface area contributed by atoms with Crippen molar-refractivity contribution in [2.45, 2.75) is 170 Å². The third-order valence-electron chi connectivity index (χ3n) is 12.0. The molecule has 3 rings (SSSR count). The number of hydrogen-bond donors (Lipinski definition) is 2. The third kappa shape index (κ3) is 23.1. The van der Waals surface area contributed by atoms with Crippen molar-refractivity contribution in [3.63, 3.8) is 0 Å². The summed E-state index contributed by atoms with van der Waals surface area (Å²) in [6.07, 6.45) is 4.54. The minimum Gasteiger partial charge on any atom is -0.507 e. The summed E-state index contributed by atoms with van der Waals surface area (Å²) in [5.41, 5.74) is 8.31. The highest BCUT2D eigenvalue weighted by molar-refractivity contribution is 9.11. The number of carboxylic acid groups (broad SMARTS) is 1. The first-order chi connectivity index (χ1) is 31.7. The fraction of sp³-hybridized carbons (Fsp3) is 0.625. The lowest BCUT2D eigenvalue weighted by molar-refractivity contribution is -0.156. The van der Waals surface area contributed by atoms with Gasteiger partial charge < -0.3 is 29.2 Å². The summed E-state index contributed by atoms with van der Waals surface area (Å²) in [7, 11) is 0. The second-order valence-electron chi connectivity index (χ2n) is 20.9. The van der Waals surface area contributed by atoms with Gasteiger partial charge in [-0.3, -0.25) is 14.4 Å². The fourth-order valence-corrected chi connectivity index (χ4v) is 8.61. The van der Waals surface area contributed by atoms with Gasteiger partial charge in [-0.05, 0) is 222 Å². The molecule has 0 bridgehead atoms. The van der Waals surface area contributed by atoms with Crippen LogP contribution >= 0.6 is 59.4 Å². The van der Waals surface area contributed by atoms with E-state index in [1.54, 1.807) is 13.8 Å². The molecule has 2 N–H and O–H groups in total. The van der Waals surface area contributed by atoms with E-state index in [0.717, 1.165) is 96.0 Å². The van der Waals surface area contributed by atoms with Crippen LogP contribution in [0.1, 0.15) is 158 Å². The molecule has 0 fully saturated rings. The van der Waals surface area contributed by atoms with Crippen LogP contribution < -0.4 is 9.47 Å². The summed E-state index contributed by atoms with van der Waals surface area (Å²) in [6, 6.07) is 6.07. The maximum Gasteiger partial charge on any atom is 0.311 e. The normalized spacial score (nSPS) is 11.4. The van der Waals surface area contributed by atoms with Gasteiger partial charge >= 0.3 is 17.9 Å². The zero-order valence-corrected chi connectivity index (χ0v) is 50.9. The van der Waals surface area contributed by atoms with E-state index in [4.69, 9.17) is 35.7 Å². The molecule has 0 saturated heterocycles. The topological polar surface area (TPSA) is 129 Å². The second kappa shape index (κ2) is 30.9. The number of aryl methyl sites for hydroxylation is 3. The van der Waals surface area contributed by atoms with Gasteiger partial charge in [-0.2, -0.15) is 0 Å². The molecular weight excluding hydrogens is 1090 g/mol. The van der Waals surface area contributed by atoms with E-state index in [0.29, 0.717) is 56.3 Å². The van der Waals surface area contributed by atoms with Crippen molar-refractivity contribution >= 4 is 77.3 Å². The number of carbonyl (C=O) groups is 3. The molecule has 0 atom stereocenters. The maximum atomic E-state index is 12.2. The van der Waals surface area contributed by atoms with Gasteiger partial charge in [0, 0.05) is 19.3 Å². The van der Waals surface area contributed by atoms with Gasteiger partial charge in [-0.1, -0.05) is 75.5 Å². The van der Waals surface area contributed by atoms with Crippen molar-refractivity contribution in [1.29, 1.82) is 0 Å². The number of phenolic OH excluding ortho intramolecular Hbond substituents is 1. The Morgan fingerprint density at radius 2 is 0.855 bits per heavy atom. The molecule has 0 aliphatic rings. The molecule has 0 aliphatic carbocycles. The molecule has 13 heteroatoms. The van der Waals surface area contributed by atoms with Crippen LogP contribution in [0.5, 0.6) is 17.2 Å². The monoisotopic (exact) mass is 1170 g/mol. The zero-order chi connectivity index (χ0) is 53.8. The van der Waals surface area contributed by atoms with Crippen LogP contribution in [0.4, 0.5) is 0 Å². The molecule has 3 aromatic carbocycles. The number of esters is 2. The molecule has 0 unspecified atom stereocenters. The van der Waals surface area contributed by atoms with E-state index >= 15 is 0 Å². The Morgan fingerprint density at radius 3 is 1.19 bits per heavy atom. The molecule has 0 radical (unpaired) electrons. The molecule has 392 valence electrons. The Hall–Kier alpha value is -2.80. The Labute approximate surface area is 447 Å². The molecular formula is C56H86Br3ClO9. The predicted molar refractivity (Wildman–Crippen MR) is 297 cm³/mol. The van der Waals surface area contributed by atoms with E-state index in [1.807, 2.05) is 96.1 Å². The first-order valence-corrected chi connectivity index (χ1v) is 26.9. The van der Waals surface area contributed by atoms with Crippen molar-refractivity contribution in [1.82, 2.24) is 0 Å². The van der Waals surface area contributed by atoms with Crippen molar-refractivity contribution in [2.75, 3.05) is 32.3 Å². The van der Waals surface area contributed by atoms with Crippen LogP contribution in [0.25, 0.3) is 0 Å². The van der Waals surface area contributed by atoms with Gasteiger partial charge in [0.25, 0.3) is 0 Å². The number of alkyl halides is 1. The number of benzene rings is 3. The Balaban J connectivity index is 0.000000930. The van der Waals surface area contributed by atoms with Gasteiger partial charge in [0.05, 0.1) is 42.7 Å². The lowest BCUT2D eigenvalue weighted by Crippen LogP contribution is -2.28. The number of carboxylic acids is 1. The fourth-order valence-electron chi connectivity index (χ4n) is 6.55. The van der Waals surface area contributed by atoms with Crippen LogP contribution in [0.3, 0.4) is 0 Å². The average molecular weight is 1180 g/mol. The highest BCUT2D eigenvalue weighted by atomic mass is 79.9. The van der Waals surface area contributed by atoms with Crippen LogP contribution in [0.15, 0.2) is 31.6 Å². The number of aliphatic carboxylic acids is 1. The highest BCUT2D eigenvalue weighted by Gasteiger charge is 2.30. The third-order valence-corrected chi connectivity index (χ3v) is 14.8. The van der Waals surface area contributed by atoms with Crippen molar-refractivity contribution in [3.8, 4) is 17.2 Å². The number of aromatic hydroxyl groups is 1. The maximum absolute atomic E-state index is 12.2.